The van der Waals surface area contributed by atoms with E-state index in [0.29, 0.717) is 36.5 Å². The van der Waals surface area contributed by atoms with Gasteiger partial charge >= 0.3 is 0 Å². The number of anilines is 2. The Morgan fingerprint density at radius 2 is 2.10 bits per heavy atom. The van der Waals surface area contributed by atoms with Gasteiger partial charge in [0.25, 0.3) is 0 Å². The SMILES string of the molecule is COCCNc1cnnc(NCc2ccccc2Cl)n1. The van der Waals surface area contributed by atoms with Crippen molar-refractivity contribution < 1.29 is 4.74 Å². The van der Waals surface area contributed by atoms with Crippen molar-refractivity contribution in [2.75, 3.05) is 30.9 Å². The Labute approximate surface area is 122 Å². The molecule has 2 aromatic rings. The van der Waals surface area contributed by atoms with E-state index < -0.39 is 0 Å². The third-order valence-corrected chi connectivity index (χ3v) is 2.93. The van der Waals surface area contributed by atoms with Gasteiger partial charge in [-0.3, -0.25) is 0 Å². The lowest BCUT2D eigenvalue weighted by molar-refractivity contribution is 0.210. The quantitative estimate of drug-likeness (QED) is 0.763. The second kappa shape index (κ2) is 7.62. The van der Waals surface area contributed by atoms with Gasteiger partial charge in [-0.25, -0.2) is 0 Å². The van der Waals surface area contributed by atoms with E-state index in [1.54, 1.807) is 13.3 Å². The monoisotopic (exact) mass is 293 g/mol. The van der Waals surface area contributed by atoms with E-state index in [-0.39, 0.29) is 0 Å². The molecule has 0 atom stereocenters. The molecule has 0 saturated heterocycles. The van der Waals surface area contributed by atoms with Crippen molar-refractivity contribution in [1.82, 2.24) is 15.2 Å². The smallest absolute Gasteiger partial charge is 0.244 e. The van der Waals surface area contributed by atoms with E-state index in [9.17, 15) is 0 Å². The van der Waals surface area contributed by atoms with Crippen LogP contribution in [0.25, 0.3) is 0 Å². The highest BCUT2D eigenvalue weighted by Crippen LogP contribution is 2.15. The van der Waals surface area contributed by atoms with Gasteiger partial charge < -0.3 is 15.4 Å². The number of aromatic nitrogens is 3. The molecule has 0 aliphatic heterocycles. The fourth-order valence-corrected chi connectivity index (χ4v) is 1.76. The van der Waals surface area contributed by atoms with Crippen LogP contribution in [0.15, 0.2) is 30.5 Å². The van der Waals surface area contributed by atoms with Crippen LogP contribution in [0.1, 0.15) is 5.56 Å². The molecule has 0 aliphatic carbocycles. The second-order valence-electron chi connectivity index (χ2n) is 4.03. The Kier molecular flexibility index (Phi) is 5.52. The van der Waals surface area contributed by atoms with Crippen LogP contribution in [0.5, 0.6) is 0 Å². The molecule has 0 bridgehead atoms. The summed E-state index contributed by atoms with van der Waals surface area (Å²) in [5.74, 6) is 1.10. The average molecular weight is 294 g/mol. The molecule has 106 valence electrons. The fourth-order valence-electron chi connectivity index (χ4n) is 1.56. The lowest BCUT2D eigenvalue weighted by Gasteiger charge is -2.08. The number of benzene rings is 1. The first-order valence-electron chi connectivity index (χ1n) is 6.19. The van der Waals surface area contributed by atoms with Crippen molar-refractivity contribution in [3.05, 3.63) is 41.0 Å². The molecule has 1 aromatic heterocycles. The standard InChI is InChI=1S/C13H16ClN5O/c1-20-7-6-15-12-9-17-19-13(18-12)16-8-10-4-2-3-5-11(10)14/h2-5,9H,6-8H2,1H3,(H2,15,16,18,19). The molecule has 7 heteroatoms. The maximum atomic E-state index is 6.08. The first kappa shape index (κ1) is 14.5. The van der Waals surface area contributed by atoms with Crippen LogP contribution >= 0.6 is 11.6 Å². The Morgan fingerprint density at radius 3 is 2.90 bits per heavy atom. The van der Waals surface area contributed by atoms with E-state index >= 15 is 0 Å². The lowest BCUT2D eigenvalue weighted by Crippen LogP contribution is -2.11. The number of nitrogens with one attached hydrogen (secondary N) is 2. The molecule has 0 unspecified atom stereocenters. The number of hydrogen-bond acceptors (Lipinski definition) is 6. The van der Waals surface area contributed by atoms with E-state index in [1.165, 1.54) is 0 Å². The third-order valence-electron chi connectivity index (χ3n) is 2.57. The van der Waals surface area contributed by atoms with Gasteiger partial charge in [-0.2, -0.15) is 10.1 Å². The van der Waals surface area contributed by atoms with E-state index in [0.717, 1.165) is 5.56 Å². The highest BCUT2D eigenvalue weighted by Gasteiger charge is 2.02. The van der Waals surface area contributed by atoms with Gasteiger partial charge in [0, 0.05) is 25.2 Å². The van der Waals surface area contributed by atoms with Crippen LogP contribution in [-0.4, -0.2) is 35.4 Å². The summed E-state index contributed by atoms with van der Waals surface area (Å²) in [5, 5.41) is 14.7. The normalized spacial score (nSPS) is 10.3. The first-order chi connectivity index (χ1) is 9.79. The van der Waals surface area contributed by atoms with E-state index in [1.807, 2.05) is 24.3 Å². The molecule has 1 heterocycles. The van der Waals surface area contributed by atoms with E-state index in [4.69, 9.17) is 16.3 Å². The number of halogens is 1. The fraction of sp³-hybridized carbons (Fsp3) is 0.308. The summed E-state index contributed by atoms with van der Waals surface area (Å²) in [6.45, 7) is 1.81. The second-order valence-corrected chi connectivity index (χ2v) is 4.44. The molecule has 20 heavy (non-hydrogen) atoms. The van der Waals surface area contributed by atoms with Gasteiger partial charge in [-0.05, 0) is 11.6 Å². The van der Waals surface area contributed by atoms with Crippen molar-refractivity contribution in [1.29, 1.82) is 0 Å². The van der Waals surface area contributed by atoms with Crippen LogP contribution in [0.2, 0.25) is 5.02 Å². The summed E-state index contributed by atoms with van der Waals surface area (Å²) in [6.07, 6.45) is 1.57. The molecule has 2 N–H and O–H groups in total. The number of rotatable bonds is 7. The van der Waals surface area contributed by atoms with Crippen LogP contribution in [-0.2, 0) is 11.3 Å². The largest absolute Gasteiger partial charge is 0.383 e. The highest BCUT2D eigenvalue weighted by molar-refractivity contribution is 6.31. The van der Waals surface area contributed by atoms with E-state index in [2.05, 4.69) is 25.8 Å². The number of ether oxygens (including phenoxy) is 1. The topological polar surface area (TPSA) is 72.0 Å². The molecule has 6 nitrogen and oxygen atoms in total. The van der Waals surface area contributed by atoms with Crippen molar-refractivity contribution in [2.45, 2.75) is 6.54 Å². The van der Waals surface area contributed by atoms with Crippen LogP contribution in [0.4, 0.5) is 11.8 Å². The Hall–Kier alpha value is -1.92. The molecule has 2 rings (SSSR count). The van der Waals surface area contributed by atoms with Gasteiger partial charge in [0.05, 0.1) is 12.8 Å². The third kappa shape index (κ3) is 4.32. The minimum atomic E-state index is 0.451. The Bertz CT molecular complexity index is 552. The van der Waals surface area contributed by atoms with Crippen LogP contribution < -0.4 is 10.6 Å². The number of methoxy groups -OCH3 is 1. The predicted octanol–water partition coefficient (Wildman–Crippen LogP) is 2.20. The molecule has 0 fully saturated rings. The molecular formula is C13H16ClN5O. The molecule has 0 saturated carbocycles. The van der Waals surface area contributed by atoms with Gasteiger partial charge in [-0.15, -0.1) is 5.10 Å². The summed E-state index contributed by atoms with van der Waals surface area (Å²) in [4.78, 5) is 4.29. The number of nitrogens with zero attached hydrogens (tertiary/aromatic N) is 3. The maximum absolute atomic E-state index is 6.08. The Balaban J connectivity index is 1.93. The molecule has 0 spiro atoms. The zero-order chi connectivity index (χ0) is 14.2. The predicted molar refractivity (Wildman–Crippen MR) is 79.0 cm³/mol. The van der Waals surface area contributed by atoms with Crippen LogP contribution in [0.3, 0.4) is 0 Å². The zero-order valence-corrected chi connectivity index (χ0v) is 11.9. The number of hydrogen-bond donors (Lipinski definition) is 2. The molecule has 0 radical (unpaired) electrons. The molecular weight excluding hydrogens is 278 g/mol. The lowest BCUT2D eigenvalue weighted by atomic mass is 10.2. The minimum Gasteiger partial charge on any atom is -0.383 e. The molecule has 1 aromatic carbocycles. The summed E-state index contributed by atoms with van der Waals surface area (Å²) in [7, 11) is 1.65. The minimum absolute atomic E-state index is 0.451. The highest BCUT2D eigenvalue weighted by atomic mass is 35.5. The molecule has 0 amide bonds. The average Bonchev–Trinajstić information content (AvgIpc) is 2.47. The van der Waals surface area contributed by atoms with Gasteiger partial charge in [0.15, 0.2) is 5.82 Å². The summed E-state index contributed by atoms with van der Waals surface area (Å²) in [5.41, 5.74) is 0.982. The van der Waals surface area contributed by atoms with Gasteiger partial charge in [0.2, 0.25) is 5.95 Å². The summed E-state index contributed by atoms with van der Waals surface area (Å²) in [6, 6.07) is 7.62. The van der Waals surface area contributed by atoms with Crippen molar-refractivity contribution in [3.8, 4) is 0 Å². The van der Waals surface area contributed by atoms with Crippen molar-refractivity contribution in [3.63, 3.8) is 0 Å². The Morgan fingerprint density at radius 1 is 1.25 bits per heavy atom. The first-order valence-corrected chi connectivity index (χ1v) is 6.57. The van der Waals surface area contributed by atoms with Gasteiger partial charge in [-0.1, -0.05) is 29.8 Å². The summed E-state index contributed by atoms with van der Waals surface area (Å²) < 4.78 is 4.96. The van der Waals surface area contributed by atoms with Crippen molar-refractivity contribution in [2.24, 2.45) is 0 Å². The zero-order valence-electron chi connectivity index (χ0n) is 11.1. The van der Waals surface area contributed by atoms with Gasteiger partial charge in [0.1, 0.15) is 0 Å². The van der Waals surface area contributed by atoms with Crippen LogP contribution in [0, 0.1) is 0 Å². The maximum Gasteiger partial charge on any atom is 0.244 e. The summed E-state index contributed by atoms with van der Waals surface area (Å²) >= 11 is 6.08. The molecule has 0 aliphatic rings. The van der Waals surface area contributed by atoms with Crippen molar-refractivity contribution >= 4 is 23.4 Å².